The summed E-state index contributed by atoms with van der Waals surface area (Å²) in [5.74, 6) is -0.968. The molecular weight excluding hydrogens is 320 g/mol. The van der Waals surface area contributed by atoms with Crippen molar-refractivity contribution in [3.05, 3.63) is 18.0 Å². The van der Waals surface area contributed by atoms with E-state index in [4.69, 9.17) is 24.1 Å². The third kappa shape index (κ3) is 4.33. The van der Waals surface area contributed by atoms with E-state index in [-0.39, 0.29) is 23.9 Å². The van der Waals surface area contributed by atoms with E-state index in [1.807, 2.05) is 0 Å². The summed E-state index contributed by atoms with van der Waals surface area (Å²) in [5.41, 5.74) is -1.30. The lowest BCUT2D eigenvalue weighted by Crippen LogP contribution is -2.34. The Balaban J connectivity index is 1.94. The van der Waals surface area contributed by atoms with E-state index in [1.165, 1.54) is 19.2 Å². The van der Waals surface area contributed by atoms with Gasteiger partial charge in [0, 0.05) is 13.2 Å². The van der Waals surface area contributed by atoms with Crippen molar-refractivity contribution in [2.24, 2.45) is 4.99 Å². The van der Waals surface area contributed by atoms with E-state index >= 15 is 0 Å². The Labute approximate surface area is 138 Å². The quantitative estimate of drug-likeness (QED) is 0.622. The van der Waals surface area contributed by atoms with E-state index in [2.05, 4.69) is 9.98 Å². The summed E-state index contributed by atoms with van der Waals surface area (Å²) in [7, 11) is 1.59. The molecule has 0 saturated carbocycles. The van der Waals surface area contributed by atoms with Crippen LogP contribution in [0.25, 0.3) is 0 Å². The Kier molecular flexibility index (Phi) is 5.93. The second kappa shape index (κ2) is 7.93. The summed E-state index contributed by atoms with van der Waals surface area (Å²) >= 11 is 0. The van der Waals surface area contributed by atoms with Gasteiger partial charge in [-0.2, -0.15) is 0 Å². The predicted octanol–water partition coefficient (Wildman–Crippen LogP) is 0.449. The van der Waals surface area contributed by atoms with Gasteiger partial charge in [-0.1, -0.05) is 0 Å². The van der Waals surface area contributed by atoms with Crippen LogP contribution in [0.5, 0.6) is 11.5 Å². The van der Waals surface area contributed by atoms with E-state index in [0.29, 0.717) is 32.2 Å². The van der Waals surface area contributed by atoms with E-state index < -0.39 is 11.5 Å². The Hall–Kier alpha value is -2.39. The molecule has 9 nitrogen and oxygen atoms in total. The molecule has 24 heavy (non-hydrogen) atoms. The molecule has 2 N–H and O–H groups in total. The van der Waals surface area contributed by atoms with Crippen molar-refractivity contribution in [3.8, 4) is 11.5 Å². The summed E-state index contributed by atoms with van der Waals surface area (Å²) < 4.78 is 20.7. The summed E-state index contributed by atoms with van der Waals surface area (Å²) in [6.45, 7) is 2.96. The topological polar surface area (TPSA) is 120 Å². The highest BCUT2D eigenvalue weighted by atomic mass is 16.5. The largest absolute Gasteiger partial charge is 0.505 e. The molecule has 1 aliphatic rings. The van der Waals surface area contributed by atoms with Crippen LogP contribution < -0.4 is 4.74 Å². The molecule has 0 fully saturated rings. The number of carbonyl (C=O) groups is 1. The maximum absolute atomic E-state index is 11.1. The molecule has 1 unspecified atom stereocenters. The molecule has 1 aliphatic heterocycles. The van der Waals surface area contributed by atoms with Crippen LogP contribution in [0.15, 0.2) is 17.3 Å². The number of hydrogen-bond acceptors (Lipinski definition) is 8. The van der Waals surface area contributed by atoms with Gasteiger partial charge < -0.3 is 29.2 Å². The van der Waals surface area contributed by atoms with E-state index in [9.17, 15) is 9.90 Å². The standard InChI is InChI=1S/C15H20N2O7/c1-15(14(19)20)9-24-13(17-15)12-11(18)7-10(8-16-12)23-6-5-22-4-3-21-2/h7-8,18H,3-6,9H2,1-2H3,(H,19,20). The fraction of sp³-hybridized carbons (Fsp3) is 0.533. The summed E-state index contributed by atoms with van der Waals surface area (Å²) in [6, 6.07) is 1.36. The second-order valence-corrected chi connectivity index (χ2v) is 5.28. The van der Waals surface area contributed by atoms with Crippen LogP contribution in [0.2, 0.25) is 0 Å². The molecule has 1 aromatic rings. The molecule has 0 aliphatic carbocycles. The molecule has 0 bridgehead atoms. The third-order valence-corrected chi connectivity index (χ3v) is 3.27. The Morgan fingerprint density at radius 1 is 1.38 bits per heavy atom. The van der Waals surface area contributed by atoms with E-state index in [1.54, 1.807) is 7.11 Å². The highest BCUT2D eigenvalue weighted by molar-refractivity contribution is 5.99. The van der Waals surface area contributed by atoms with Crippen molar-refractivity contribution in [1.82, 2.24) is 4.98 Å². The van der Waals surface area contributed by atoms with Gasteiger partial charge in [-0.25, -0.2) is 14.8 Å². The van der Waals surface area contributed by atoms with Gasteiger partial charge in [0.15, 0.2) is 17.0 Å². The maximum atomic E-state index is 11.1. The summed E-state index contributed by atoms with van der Waals surface area (Å²) in [4.78, 5) is 19.2. The van der Waals surface area contributed by atoms with Crippen molar-refractivity contribution >= 4 is 11.9 Å². The molecular formula is C15H20N2O7. The normalized spacial score (nSPS) is 19.7. The number of methoxy groups -OCH3 is 1. The van der Waals surface area contributed by atoms with Gasteiger partial charge in [0.1, 0.15) is 19.0 Å². The van der Waals surface area contributed by atoms with E-state index in [0.717, 1.165) is 0 Å². The fourth-order valence-electron chi connectivity index (χ4n) is 1.87. The van der Waals surface area contributed by atoms with Crippen LogP contribution in [-0.2, 0) is 19.0 Å². The minimum Gasteiger partial charge on any atom is -0.505 e. The van der Waals surface area contributed by atoms with Gasteiger partial charge in [-0.15, -0.1) is 0 Å². The SMILES string of the molecule is COCCOCCOc1cnc(C2=NC(C)(C(=O)O)CO2)c(O)c1. The monoisotopic (exact) mass is 340 g/mol. The molecule has 1 aromatic heterocycles. The van der Waals surface area contributed by atoms with Crippen molar-refractivity contribution < 1.29 is 34.0 Å². The lowest BCUT2D eigenvalue weighted by Gasteiger charge is -2.10. The molecule has 132 valence electrons. The number of aromatic nitrogens is 1. The van der Waals surface area contributed by atoms with Gasteiger partial charge in [0.25, 0.3) is 0 Å². The molecule has 0 aromatic carbocycles. The number of aliphatic imine (C=N–C) groups is 1. The smallest absolute Gasteiger partial charge is 0.335 e. The predicted molar refractivity (Wildman–Crippen MR) is 82.6 cm³/mol. The molecule has 2 rings (SSSR count). The average molecular weight is 340 g/mol. The zero-order valence-electron chi connectivity index (χ0n) is 13.5. The van der Waals surface area contributed by atoms with Gasteiger partial charge in [0.2, 0.25) is 5.90 Å². The molecule has 0 amide bonds. The van der Waals surface area contributed by atoms with Crippen molar-refractivity contribution in [2.75, 3.05) is 40.1 Å². The molecule has 0 spiro atoms. The lowest BCUT2D eigenvalue weighted by molar-refractivity contribution is -0.142. The van der Waals surface area contributed by atoms with Crippen LogP contribution >= 0.6 is 0 Å². The Morgan fingerprint density at radius 3 is 2.75 bits per heavy atom. The summed E-state index contributed by atoms with van der Waals surface area (Å²) in [6.07, 6.45) is 1.40. The maximum Gasteiger partial charge on any atom is 0.335 e. The first-order valence-electron chi connectivity index (χ1n) is 7.31. The number of hydrogen-bond donors (Lipinski definition) is 2. The van der Waals surface area contributed by atoms with Crippen LogP contribution in [0, 0.1) is 0 Å². The molecule has 1 atom stereocenters. The minimum atomic E-state index is -1.38. The molecule has 0 radical (unpaired) electrons. The van der Waals surface area contributed by atoms with Gasteiger partial charge in [-0.3, -0.25) is 0 Å². The van der Waals surface area contributed by atoms with Crippen LogP contribution in [-0.4, -0.2) is 72.7 Å². The van der Waals surface area contributed by atoms with Crippen LogP contribution in [0.4, 0.5) is 0 Å². The van der Waals surface area contributed by atoms with Gasteiger partial charge >= 0.3 is 5.97 Å². The van der Waals surface area contributed by atoms with Gasteiger partial charge in [0.05, 0.1) is 26.0 Å². The molecule has 9 heteroatoms. The zero-order valence-corrected chi connectivity index (χ0v) is 13.5. The first-order valence-corrected chi connectivity index (χ1v) is 7.31. The highest BCUT2D eigenvalue weighted by Crippen LogP contribution is 2.27. The number of nitrogens with zero attached hydrogens (tertiary/aromatic N) is 2. The third-order valence-electron chi connectivity index (χ3n) is 3.27. The fourth-order valence-corrected chi connectivity index (χ4v) is 1.87. The van der Waals surface area contributed by atoms with Crippen molar-refractivity contribution in [1.29, 1.82) is 0 Å². The first-order chi connectivity index (χ1) is 11.5. The Bertz CT molecular complexity index is 620. The minimum absolute atomic E-state index is 0.00755. The average Bonchev–Trinajstić information content (AvgIpc) is 2.94. The number of aromatic hydroxyl groups is 1. The second-order valence-electron chi connectivity index (χ2n) is 5.28. The number of aliphatic carboxylic acids is 1. The number of pyridine rings is 1. The van der Waals surface area contributed by atoms with Gasteiger partial charge in [-0.05, 0) is 6.92 Å². The van der Waals surface area contributed by atoms with Crippen molar-refractivity contribution in [2.45, 2.75) is 12.5 Å². The summed E-state index contributed by atoms with van der Waals surface area (Å²) in [5, 5.41) is 19.2. The number of carboxylic acids is 1. The first kappa shape index (κ1) is 18.0. The Morgan fingerprint density at radius 2 is 2.12 bits per heavy atom. The molecule has 2 heterocycles. The van der Waals surface area contributed by atoms with Crippen LogP contribution in [0.3, 0.4) is 0 Å². The van der Waals surface area contributed by atoms with Crippen molar-refractivity contribution in [3.63, 3.8) is 0 Å². The number of ether oxygens (including phenoxy) is 4. The zero-order chi connectivity index (χ0) is 17.6. The molecule has 0 saturated heterocycles. The highest BCUT2D eigenvalue weighted by Gasteiger charge is 2.40. The number of carboxylic acid groups (broad SMARTS) is 1. The lowest BCUT2D eigenvalue weighted by atomic mass is 10.1. The number of rotatable bonds is 9. The van der Waals surface area contributed by atoms with Crippen LogP contribution in [0.1, 0.15) is 12.6 Å².